The van der Waals surface area contributed by atoms with Gasteiger partial charge in [-0.05, 0) is 17.7 Å². The van der Waals surface area contributed by atoms with Crippen LogP contribution in [0.15, 0.2) is 28.7 Å². The summed E-state index contributed by atoms with van der Waals surface area (Å²) in [5, 5.41) is 9.60. The Labute approximate surface area is 96.4 Å². The summed E-state index contributed by atoms with van der Waals surface area (Å²) in [4.78, 5) is 10.9. The highest BCUT2D eigenvalue weighted by Gasteiger charge is 2.16. The van der Waals surface area contributed by atoms with E-state index in [0.29, 0.717) is 16.5 Å². The highest BCUT2D eigenvalue weighted by molar-refractivity contribution is 6.67. The summed E-state index contributed by atoms with van der Waals surface area (Å²) in [5.74, 6) is 0.0485. The number of para-hydroxylation sites is 1. The minimum atomic E-state index is -1.09. The Morgan fingerprint density at radius 2 is 2.31 bits per heavy atom. The van der Waals surface area contributed by atoms with Gasteiger partial charge in [-0.3, -0.25) is 4.79 Å². The predicted octanol–water partition coefficient (Wildman–Crippen LogP) is 2.45. The van der Waals surface area contributed by atoms with E-state index in [1.807, 2.05) is 0 Å². The smallest absolute Gasteiger partial charge is 0.287 e. The van der Waals surface area contributed by atoms with Crippen molar-refractivity contribution in [1.82, 2.24) is 0 Å². The summed E-state index contributed by atoms with van der Waals surface area (Å²) < 4.78 is 10.1. The second kappa shape index (κ2) is 4.25. The average Bonchev–Trinajstić information content (AvgIpc) is 2.71. The molecule has 0 spiro atoms. The zero-order valence-corrected chi connectivity index (χ0v) is 9.19. The molecule has 0 aliphatic heterocycles. The van der Waals surface area contributed by atoms with Gasteiger partial charge < -0.3 is 14.3 Å². The van der Waals surface area contributed by atoms with Gasteiger partial charge in [-0.25, -0.2) is 0 Å². The molecule has 4 nitrogen and oxygen atoms in total. The molecular formula is C11H9ClO4. The van der Waals surface area contributed by atoms with E-state index in [1.54, 1.807) is 18.2 Å². The molecule has 5 heteroatoms. The SMILES string of the molecule is COC(O)c1cccc2cc(C(=O)Cl)oc12. The number of benzene rings is 1. The molecule has 0 aliphatic rings. The fraction of sp³-hybridized carbons (Fsp3) is 0.182. The summed E-state index contributed by atoms with van der Waals surface area (Å²) in [7, 11) is 1.38. The molecule has 0 saturated heterocycles. The van der Waals surface area contributed by atoms with E-state index < -0.39 is 11.5 Å². The molecule has 0 fully saturated rings. The molecule has 0 aliphatic carbocycles. The van der Waals surface area contributed by atoms with Crippen molar-refractivity contribution in [2.75, 3.05) is 7.11 Å². The van der Waals surface area contributed by atoms with E-state index in [2.05, 4.69) is 0 Å². The largest absolute Gasteiger partial charge is 0.451 e. The van der Waals surface area contributed by atoms with Crippen molar-refractivity contribution in [3.05, 3.63) is 35.6 Å². The molecule has 0 amide bonds. The molecule has 1 N–H and O–H groups in total. The number of methoxy groups -OCH3 is 1. The Hall–Kier alpha value is -1.36. The molecule has 0 bridgehead atoms. The molecule has 0 radical (unpaired) electrons. The Bertz CT molecular complexity index is 532. The van der Waals surface area contributed by atoms with Gasteiger partial charge in [-0.1, -0.05) is 18.2 Å². The topological polar surface area (TPSA) is 59.7 Å². The highest BCUT2D eigenvalue weighted by Crippen LogP contribution is 2.28. The number of rotatable bonds is 3. The van der Waals surface area contributed by atoms with Crippen LogP contribution in [0.25, 0.3) is 11.0 Å². The number of aliphatic hydroxyl groups excluding tert-OH is 1. The number of halogens is 1. The van der Waals surface area contributed by atoms with E-state index in [0.717, 1.165) is 0 Å². The maximum absolute atomic E-state index is 10.9. The molecule has 1 heterocycles. The first kappa shape index (κ1) is 11.1. The van der Waals surface area contributed by atoms with Crippen LogP contribution in [0.2, 0.25) is 0 Å². The summed E-state index contributed by atoms with van der Waals surface area (Å²) in [6.45, 7) is 0. The normalized spacial score (nSPS) is 12.9. The molecule has 0 saturated carbocycles. The van der Waals surface area contributed by atoms with E-state index in [-0.39, 0.29) is 5.76 Å². The Morgan fingerprint density at radius 1 is 1.56 bits per heavy atom. The predicted molar refractivity (Wildman–Crippen MR) is 58.4 cm³/mol. The number of ether oxygens (including phenoxy) is 1. The lowest BCUT2D eigenvalue weighted by molar-refractivity contribution is -0.0764. The van der Waals surface area contributed by atoms with Crippen LogP contribution in [-0.4, -0.2) is 17.5 Å². The first-order valence-electron chi connectivity index (χ1n) is 4.56. The van der Waals surface area contributed by atoms with Gasteiger partial charge in [0.25, 0.3) is 5.24 Å². The molecular weight excluding hydrogens is 232 g/mol. The first-order valence-corrected chi connectivity index (χ1v) is 4.94. The van der Waals surface area contributed by atoms with Crippen LogP contribution in [0.3, 0.4) is 0 Å². The number of hydrogen-bond acceptors (Lipinski definition) is 4. The number of hydrogen-bond donors (Lipinski definition) is 1. The Kier molecular flexibility index (Phi) is 2.96. The maximum Gasteiger partial charge on any atom is 0.287 e. The highest BCUT2D eigenvalue weighted by atomic mass is 35.5. The molecule has 1 atom stereocenters. The molecule has 1 aromatic heterocycles. The van der Waals surface area contributed by atoms with Gasteiger partial charge in [-0.2, -0.15) is 0 Å². The average molecular weight is 241 g/mol. The molecule has 84 valence electrons. The van der Waals surface area contributed by atoms with Gasteiger partial charge in [-0.15, -0.1) is 0 Å². The fourth-order valence-electron chi connectivity index (χ4n) is 1.50. The summed E-state index contributed by atoms with van der Waals surface area (Å²) in [5.41, 5.74) is 0.866. The van der Waals surface area contributed by atoms with Crippen LogP contribution in [0, 0.1) is 0 Å². The zero-order valence-electron chi connectivity index (χ0n) is 8.44. The standard InChI is InChI=1S/C11H9ClO4/c1-15-11(14)7-4-2-3-6-5-8(10(12)13)16-9(6)7/h2-5,11,14H,1H3. The zero-order chi connectivity index (χ0) is 11.7. The lowest BCUT2D eigenvalue weighted by Gasteiger charge is -2.08. The van der Waals surface area contributed by atoms with Gasteiger partial charge in [0, 0.05) is 12.5 Å². The van der Waals surface area contributed by atoms with Crippen LogP contribution in [0.4, 0.5) is 0 Å². The van der Waals surface area contributed by atoms with Crippen molar-refractivity contribution in [1.29, 1.82) is 0 Å². The lowest BCUT2D eigenvalue weighted by Crippen LogP contribution is -1.99. The van der Waals surface area contributed by atoms with Crippen molar-refractivity contribution in [2.24, 2.45) is 0 Å². The molecule has 1 aromatic carbocycles. The second-order valence-corrected chi connectivity index (χ2v) is 3.58. The van der Waals surface area contributed by atoms with Crippen LogP contribution in [0.1, 0.15) is 22.4 Å². The number of furan rings is 1. The molecule has 2 rings (SSSR count). The monoisotopic (exact) mass is 240 g/mol. The number of aliphatic hydroxyl groups is 1. The molecule has 16 heavy (non-hydrogen) atoms. The van der Waals surface area contributed by atoms with Crippen LogP contribution in [0.5, 0.6) is 0 Å². The lowest BCUT2D eigenvalue weighted by atomic mass is 10.1. The third-order valence-electron chi connectivity index (χ3n) is 2.26. The summed E-state index contributed by atoms with van der Waals surface area (Å²) in [6.07, 6.45) is -1.09. The van der Waals surface area contributed by atoms with E-state index in [9.17, 15) is 9.90 Å². The van der Waals surface area contributed by atoms with Crippen molar-refractivity contribution in [3.8, 4) is 0 Å². The van der Waals surface area contributed by atoms with Crippen LogP contribution in [-0.2, 0) is 4.74 Å². The molecule has 1 unspecified atom stereocenters. The van der Waals surface area contributed by atoms with Gasteiger partial charge >= 0.3 is 0 Å². The Balaban J connectivity index is 2.63. The minimum absolute atomic E-state index is 0.0485. The first-order chi connectivity index (χ1) is 7.63. The van der Waals surface area contributed by atoms with Crippen molar-refractivity contribution >= 4 is 27.8 Å². The van der Waals surface area contributed by atoms with Gasteiger partial charge in [0.2, 0.25) is 0 Å². The van der Waals surface area contributed by atoms with E-state index >= 15 is 0 Å². The quantitative estimate of drug-likeness (QED) is 0.661. The van der Waals surface area contributed by atoms with Gasteiger partial charge in [0.15, 0.2) is 12.1 Å². The Morgan fingerprint density at radius 3 is 2.94 bits per heavy atom. The number of carbonyl (C=O) groups excluding carboxylic acids is 1. The fourth-order valence-corrected chi connectivity index (χ4v) is 1.60. The second-order valence-electron chi connectivity index (χ2n) is 3.24. The van der Waals surface area contributed by atoms with Crippen LogP contribution >= 0.6 is 11.6 Å². The molecule has 2 aromatic rings. The van der Waals surface area contributed by atoms with Crippen molar-refractivity contribution in [2.45, 2.75) is 6.29 Å². The van der Waals surface area contributed by atoms with Crippen LogP contribution < -0.4 is 0 Å². The maximum atomic E-state index is 10.9. The van der Waals surface area contributed by atoms with Crippen molar-refractivity contribution in [3.63, 3.8) is 0 Å². The van der Waals surface area contributed by atoms with E-state index in [1.165, 1.54) is 13.2 Å². The summed E-state index contributed by atoms with van der Waals surface area (Å²) in [6, 6.07) is 6.67. The number of fused-ring (bicyclic) bond motifs is 1. The third-order valence-corrected chi connectivity index (χ3v) is 2.44. The van der Waals surface area contributed by atoms with Gasteiger partial charge in [0.05, 0.1) is 5.56 Å². The number of carbonyl (C=O) groups is 1. The minimum Gasteiger partial charge on any atom is -0.451 e. The summed E-state index contributed by atoms with van der Waals surface area (Å²) >= 11 is 5.31. The van der Waals surface area contributed by atoms with Crippen molar-refractivity contribution < 1.29 is 19.1 Å². The third kappa shape index (κ3) is 1.82. The van der Waals surface area contributed by atoms with E-state index in [4.69, 9.17) is 20.8 Å². The van der Waals surface area contributed by atoms with Gasteiger partial charge in [0.1, 0.15) is 5.58 Å².